The molecule has 1 aromatic heterocycles. The van der Waals surface area contributed by atoms with Crippen LogP contribution in [0.3, 0.4) is 0 Å². The molecule has 0 spiro atoms. The van der Waals surface area contributed by atoms with E-state index in [9.17, 15) is 4.79 Å². The van der Waals surface area contributed by atoms with Gasteiger partial charge in [-0.1, -0.05) is 31.5 Å². The number of carbonyl (C=O) groups excluding carboxylic acids is 1. The molecule has 4 nitrogen and oxygen atoms in total. The van der Waals surface area contributed by atoms with Crippen molar-refractivity contribution >= 4 is 29.2 Å². The van der Waals surface area contributed by atoms with E-state index in [4.69, 9.17) is 5.73 Å². The minimum Gasteiger partial charge on any atom is -0.361 e. The van der Waals surface area contributed by atoms with Crippen molar-refractivity contribution in [1.29, 1.82) is 0 Å². The number of amides is 1. The van der Waals surface area contributed by atoms with Gasteiger partial charge in [0.1, 0.15) is 0 Å². The standard InChI is InChI=1S/C19H27N3O.ClH/c1-2-13-5-3-7-16-15(12-22-19(13)16)9-10-21-18(23)11-14-6-4-8-17(14)20;/h3,5,7,12,14,17,22H,2,4,6,8-11,20H2,1H3,(H,21,23);1H/t14-,17+;/m0./s1. The minimum atomic E-state index is 0. The molecule has 1 amide bonds. The molecule has 132 valence electrons. The van der Waals surface area contributed by atoms with Gasteiger partial charge in [-0.05, 0) is 42.7 Å². The van der Waals surface area contributed by atoms with Crippen molar-refractivity contribution in [3.8, 4) is 0 Å². The van der Waals surface area contributed by atoms with Crippen LogP contribution in [0.1, 0.15) is 43.7 Å². The number of nitrogens with one attached hydrogen (secondary N) is 2. The maximum atomic E-state index is 12.1. The first-order valence-corrected chi connectivity index (χ1v) is 8.79. The number of aromatic amines is 1. The molecule has 4 N–H and O–H groups in total. The van der Waals surface area contributed by atoms with Gasteiger partial charge in [-0.25, -0.2) is 0 Å². The Bertz CT molecular complexity index is 682. The lowest BCUT2D eigenvalue weighted by Crippen LogP contribution is -2.32. The van der Waals surface area contributed by atoms with E-state index in [1.807, 2.05) is 0 Å². The largest absolute Gasteiger partial charge is 0.361 e. The van der Waals surface area contributed by atoms with Gasteiger partial charge in [-0.15, -0.1) is 12.4 Å². The second kappa shape index (κ2) is 8.54. The van der Waals surface area contributed by atoms with E-state index in [0.717, 1.165) is 32.1 Å². The van der Waals surface area contributed by atoms with Crippen LogP contribution >= 0.6 is 12.4 Å². The van der Waals surface area contributed by atoms with Crippen molar-refractivity contribution in [3.63, 3.8) is 0 Å². The van der Waals surface area contributed by atoms with Crippen LogP contribution in [0.15, 0.2) is 24.4 Å². The number of aromatic nitrogens is 1. The Kier molecular flexibility index (Phi) is 6.69. The van der Waals surface area contributed by atoms with E-state index in [1.54, 1.807) is 0 Å². The number of aryl methyl sites for hydroxylation is 1. The maximum Gasteiger partial charge on any atom is 0.220 e. The number of para-hydroxylation sites is 1. The van der Waals surface area contributed by atoms with Crippen LogP contribution in [0.5, 0.6) is 0 Å². The zero-order valence-corrected chi connectivity index (χ0v) is 15.1. The van der Waals surface area contributed by atoms with Gasteiger partial charge in [0, 0.05) is 36.1 Å². The van der Waals surface area contributed by atoms with Crippen molar-refractivity contribution in [2.75, 3.05) is 6.54 Å². The summed E-state index contributed by atoms with van der Waals surface area (Å²) >= 11 is 0. The molecule has 2 aromatic rings. The van der Waals surface area contributed by atoms with Crippen LogP contribution < -0.4 is 11.1 Å². The molecule has 1 fully saturated rings. The Morgan fingerprint density at radius 1 is 1.33 bits per heavy atom. The molecule has 0 unspecified atom stereocenters. The molecule has 0 saturated heterocycles. The summed E-state index contributed by atoms with van der Waals surface area (Å²) in [5.74, 6) is 0.511. The topological polar surface area (TPSA) is 70.9 Å². The van der Waals surface area contributed by atoms with E-state index < -0.39 is 0 Å². The van der Waals surface area contributed by atoms with Crippen LogP contribution in [-0.2, 0) is 17.6 Å². The summed E-state index contributed by atoms with van der Waals surface area (Å²) in [6.07, 6.45) is 7.85. The van der Waals surface area contributed by atoms with Gasteiger partial charge < -0.3 is 16.0 Å². The number of rotatable bonds is 6. The van der Waals surface area contributed by atoms with Crippen LogP contribution in [0.25, 0.3) is 10.9 Å². The SMILES string of the molecule is CCc1cccc2c(CCNC(=O)C[C@@H]3CCC[C@H]3N)c[nH]c12.Cl. The average molecular weight is 350 g/mol. The molecule has 0 aliphatic heterocycles. The summed E-state index contributed by atoms with van der Waals surface area (Å²) in [7, 11) is 0. The Hall–Kier alpha value is -1.52. The summed E-state index contributed by atoms with van der Waals surface area (Å²) in [6.45, 7) is 2.85. The fraction of sp³-hybridized carbons (Fsp3) is 0.526. The molecule has 1 aromatic carbocycles. The number of benzene rings is 1. The third-order valence-corrected chi connectivity index (χ3v) is 5.15. The highest BCUT2D eigenvalue weighted by molar-refractivity contribution is 5.86. The molecular weight excluding hydrogens is 322 g/mol. The molecule has 0 bridgehead atoms. The van der Waals surface area contributed by atoms with Gasteiger partial charge in [0.2, 0.25) is 5.91 Å². The van der Waals surface area contributed by atoms with E-state index >= 15 is 0 Å². The van der Waals surface area contributed by atoms with Gasteiger partial charge in [0.05, 0.1) is 0 Å². The first-order chi connectivity index (χ1) is 11.2. The number of nitrogens with two attached hydrogens (primary N) is 1. The van der Waals surface area contributed by atoms with Crippen LogP contribution in [0.2, 0.25) is 0 Å². The van der Waals surface area contributed by atoms with Gasteiger partial charge in [-0.2, -0.15) is 0 Å². The van der Waals surface area contributed by atoms with Crippen LogP contribution in [-0.4, -0.2) is 23.5 Å². The monoisotopic (exact) mass is 349 g/mol. The lowest BCUT2D eigenvalue weighted by atomic mass is 10.00. The first kappa shape index (κ1) is 18.8. The second-order valence-electron chi connectivity index (χ2n) is 6.67. The predicted molar refractivity (Wildman–Crippen MR) is 102 cm³/mol. The van der Waals surface area contributed by atoms with Crippen molar-refractivity contribution in [1.82, 2.24) is 10.3 Å². The van der Waals surface area contributed by atoms with Gasteiger partial charge in [0.25, 0.3) is 0 Å². The molecule has 3 rings (SSSR count). The summed E-state index contributed by atoms with van der Waals surface area (Å²) in [5.41, 5.74) is 9.88. The molecule has 24 heavy (non-hydrogen) atoms. The van der Waals surface area contributed by atoms with Crippen LogP contribution in [0.4, 0.5) is 0 Å². The highest BCUT2D eigenvalue weighted by Gasteiger charge is 2.25. The number of halogens is 1. The summed E-state index contributed by atoms with van der Waals surface area (Å²) < 4.78 is 0. The number of hydrogen-bond acceptors (Lipinski definition) is 2. The Labute approximate surface area is 150 Å². The smallest absolute Gasteiger partial charge is 0.220 e. The molecular formula is C19H28ClN3O. The molecule has 1 aliphatic carbocycles. The summed E-state index contributed by atoms with van der Waals surface area (Å²) in [5, 5.41) is 4.33. The Morgan fingerprint density at radius 3 is 2.88 bits per heavy atom. The number of carbonyl (C=O) groups is 1. The molecule has 5 heteroatoms. The van der Waals surface area contributed by atoms with Crippen LogP contribution in [0, 0.1) is 5.92 Å². The van der Waals surface area contributed by atoms with E-state index in [1.165, 1.54) is 22.0 Å². The van der Waals surface area contributed by atoms with Gasteiger partial charge >= 0.3 is 0 Å². The maximum absolute atomic E-state index is 12.1. The third-order valence-electron chi connectivity index (χ3n) is 5.15. The summed E-state index contributed by atoms with van der Waals surface area (Å²) in [6, 6.07) is 6.63. The quantitative estimate of drug-likeness (QED) is 0.748. The highest BCUT2D eigenvalue weighted by atomic mass is 35.5. The van der Waals surface area contributed by atoms with Crippen molar-refractivity contribution in [2.24, 2.45) is 11.7 Å². The predicted octanol–water partition coefficient (Wildman–Crippen LogP) is 3.33. The minimum absolute atomic E-state index is 0. The normalized spacial score (nSPS) is 20.1. The zero-order valence-electron chi connectivity index (χ0n) is 14.3. The first-order valence-electron chi connectivity index (χ1n) is 8.79. The molecule has 0 radical (unpaired) electrons. The number of fused-ring (bicyclic) bond motifs is 1. The Balaban J connectivity index is 0.00000208. The van der Waals surface area contributed by atoms with E-state index in [2.05, 4.69) is 41.6 Å². The average Bonchev–Trinajstić information content (AvgIpc) is 3.14. The van der Waals surface area contributed by atoms with E-state index in [0.29, 0.717) is 18.9 Å². The fourth-order valence-corrected chi connectivity index (χ4v) is 3.74. The molecule has 2 atom stereocenters. The number of hydrogen-bond donors (Lipinski definition) is 3. The molecule has 1 aliphatic rings. The Morgan fingerprint density at radius 2 is 2.17 bits per heavy atom. The molecule has 1 saturated carbocycles. The molecule has 1 heterocycles. The highest BCUT2D eigenvalue weighted by Crippen LogP contribution is 2.26. The number of H-pyrrole nitrogens is 1. The van der Waals surface area contributed by atoms with Crippen molar-refractivity contribution in [2.45, 2.75) is 51.5 Å². The van der Waals surface area contributed by atoms with Gasteiger partial charge in [0.15, 0.2) is 0 Å². The van der Waals surface area contributed by atoms with E-state index in [-0.39, 0.29) is 24.4 Å². The lowest BCUT2D eigenvalue weighted by Gasteiger charge is -2.14. The zero-order chi connectivity index (χ0) is 16.2. The van der Waals surface area contributed by atoms with Gasteiger partial charge in [-0.3, -0.25) is 4.79 Å². The van der Waals surface area contributed by atoms with Crippen molar-refractivity contribution < 1.29 is 4.79 Å². The van der Waals surface area contributed by atoms with Crippen molar-refractivity contribution in [3.05, 3.63) is 35.5 Å². The second-order valence-corrected chi connectivity index (χ2v) is 6.67. The lowest BCUT2D eigenvalue weighted by molar-refractivity contribution is -0.122. The fourth-order valence-electron chi connectivity index (χ4n) is 3.74. The third kappa shape index (κ3) is 4.11. The summed E-state index contributed by atoms with van der Waals surface area (Å²) in [4.78, 5) is 15.4.